The van der Waals surface area contributed by atoms with E-state index in [1.54, 1.807) is 0 Å². The third-order valence-corrected chi connectivity index (χ3v) is 2.57. The van der Waals surface area contributed by atoms with Gasteiger partial charge in [0.1, 0.15) is 18.2 Å². The van der Waals surface area contributed by atoms with Gasteiger partial charge in [0.25, 0.3) is 5.56 Å². The molecule has 0 unspecified atom stereocenters. The van der Waals surface area contributed by atoms with Crippen LogP contribution in [0.3, 0.4) is 0 Å². The molecule has 0 aliphatic carbocycles. The Labute approximate surface area is 115 Å². The summed E-state index contributed by atoms with van der Waals surface area (Å²) in [6.45, 7) is 2.05. The van der Waals surface area contributed by atoms with Crippen LogP contribution in [-0.4, -0.2) is 21.0 Å². The zero-order chi connectivity index (χ0) is 14.5. The number of nitrogens with one attached hydrogen (secondary N) is 1. The van der Waals surface area contributed by atoms with E-state index in [0.29, 0.717) is 11.6 Å². The van der Waals surface area contributed by atoms with Crippen molar-refractivity contribution in [1.29, 1.82) is 0 Å². The number of carboxylic acids is 1. The van der Waals surface area contributed by atoms with Gasteiger partial charge in [0.05, 0.1) is 12.1 Å². The molecule has 1 heterocycles. The van der Waals surface area contributed by atoms with E-state index in [2.05, 4.69) is 9.97 Å². The summed E-state index contributed by atoms with van der Waals surface area (Å²) in [4.78, 5) is 28.6. The van der Waals surface area contributed by atoms with Gasteiger partial charge in [0.2, 0.25) is 0 Å². The van der Waals surface area contributed by atoms with Crippen LogP contribution in [0.4, 0.5) is 0 Å². The molecular weight excluding hydrogens is 260 g/mol. The molecule has 20 heavy (non-hydrogen) atoms. The summed E-state index contributed by atoms with van der Waals surface area (Å²) in [7, 11) is 0. The number of ether oxygens (including phenoxy) is 1. The molecule has 6 nitrogen and oxygen atoms in total. The largest absolute Gasteiger partial charge is 0.486 e. The Hall–Kier alpha value is -2.63. The first kappa shape index (κ1) is 13.8. The number of H-pyrrole nitrogens is 1. The molecule has 0 fully saturated rings. The number of nitrogens with zero attached hydrogens (tertiary/aromatic N) is 1. The van der Waals surface area contributed by atoms with Gasteiger partial charge in [-0.3, -0.25) is 9.59 Å². The standard InChI is InChI=1S/C14H14N2O4/c1-9-2-4-11(5-3-9)20-8-12-15-10(7-14(18)19)6-13(17)16-12/h2-6H,7-8H2,1H3,(H,18,19)(H,15,16,17). The average Bonchev–Trinajstić information content (AvgIpc) is 2.36. The maximum atomic E-state index is 11.4. The first-order valence-electron chi connectivity index (χ1n) is 6.03. The number of carboxylic acid groups (broad SMARTS) is 1. The Morgan fingerprint density at radius 3 is 2.70 bits per heavy atom. The zero-order valence-electron chi connectivity index (χ0n) is 10.9. The first-order chi connectivity index (χ1) is 9.52. The molecule has 2 N–H and O–H groups in total. The molecule has 6 heteroatoms. The highest BCUT2D eigenvalue weighted by atomic mass is 16.5. The molecule has 0 amide bonds. The van der Waals surface area contributed by atoms with Gasteiger partial charge in [-0.15, -0.1) is 0 Å². The zero-order valence-corrected chi connectivity index (χ0v) is 10.9. The minimum absolute atomic E-state index is 0.0752. The van der Waals surface area contributed by atoms with Crippen molar-refractivity contribution >= 4 is 5.97 Å². The second-order valence-electron chi connectivity index (χ2n) is 4.36. The van der Waals surface area contributed by atoms with E-state index < -0.39 is 11.5 Å². The molecule has 0 saturated heterocycles. The van der Waals surface area contributed by atoms with Crippen molar-refractivity contribution in [2.24, 2.45) is 0 Å². The summed E-state index contributed by atoms with van der Waals surface area (Å²) in [6.07, 6.45) is -0.290. The third-order valence-electron chi connectivity index (χ3n) is 2.57. The van der Waals surface area contributed by atoms with Gasteiger partial charge in [-0.25, -0.2) is 4.98 Å². The van der Waals surface area contributed by atoms with Crippen molar-refractivity contribution < 1.29 is 14.6 Å². The third kappa shape index (κ3) is 3.94. The topological polar surface area (TPSA) is 92.3 Å². The lowest BCUT2D eigenvalue weighted by molar-refractivity contribution is -0.136. The molecule has 0 saturated carbocycles. The van der Waals surface area contributed by atoms with Crippen molar-refractivity contribution in [3.63, 3.8) is 0 Å². The Balaban J connectivity index is 2.09. The molecule has 104 valence electrons. The first-order valence-corrected chi connectivity index (χ1v) is 6.03. The highest BCUT2D eigenvalue weighted by Gasteiger charge is 2.06. The number of benzene rings is 1. The van der Waals surface area contributed by atoms with Gasteiger partial charge in [-0.05, 0) is 19.1 Å². The fourth-order valence-electron chi connectivity index (χ4n) is 1.66. The van der Waals surface area contributed by atoms with E-state index in [1.807, 2.05) is 31.2 Å². The van der Waals surface area contributed by atoms with Crippen molar-refractivity contribution in [2.45, 2.75) is 20.0 Å². The number of aromatic amines is 1. The minimum atomic E-state index is -1.03. The molecule has 0 radical (unpaired) electrons. The van der Waals surface area contributed by atoms with Crippen LogP contribution in [0.15, 0.2) is 35.1 Å². The lowest BCUT2D eigenvalue weighted by atomic mass is 10.2. The van der Waals surface area contributed by atoms with Crippen LogP contribution in [0.2, 0.25) is 0 Å². The smallest absolute Gasteiger partial charge is 0.309 e. The average molecular weight is 274 g/mol. The second-order valence-corrected chi connectivity index (χ2v) is 4.36. The summed E-state index contributed by atoms with van der Waals surface area (Å²) >= 11 is 0. The van der Waals surface area contributed by atoms with Crippen LogP contribution in [0.1, 0.15) is 17.1 Å². The molecule has 0 aliphatic heterocycles. The quantitative estimate of drug-likeness (QED) is 0.857. The monoisotopic (exact) mass is 274 g/mol. The Morgan fingerprint density at radius 2 is 2.05 bits per heavy atom. The molecule has 0 spiro atoms. The van der Waals surface area contributed by atoms with Crippen LogP contribution in [0, 0.1) is 6.92 Å². The maximum absolute atomic E-state index is 11.4. The van der Waals surface area contributed by atoms with Crippen LogP contribution < -0.4 is 10.3 Å². The fraction of sp³-hybridized carbons (Fsp3) is 0.214. The Bertz CT molecular complexity index is 662. The summed E-state index contributed by atoms with van der Waals surface area (Å²) in [6, 6.07) is 8.62. The minimum Gasteiger partial charge on any atom is -0.486 e. The molecule has 1 aromatic heterocycles. The predicted octanol–water partition coefficient (Wildman–Crippen LogP) is 1.28. The van der Waals surface area contributed by atoms with E-state index in [9.17, 15) is 9.59 Å². The van der Waals surface area contributed by atoms with Gasteiger partial charge >= 0.3 is 5.97 Å². The van der Waals surface area contributed by atoms with Gasteiger partial charge < -0.3 is 14.8 Å². The number of rotatable bonds is 5. The van der Waals surface area contributed by atoms with Crippen molar-refractivity contribution in [3.8, 4) is 5.75 Å². The lowest BCUT2D eigenvalue weighted by Gasteiger charge is -2.06. The maximum Gasteiger partial charge on any atom is 0.309 e. The van der Waals surface area contributed by atoms with E-state index in [4.69, 9.17) is 9.84 Å². The fourth-order valence-corrected chi connectivity index (χ4v) is 1.66. The van der Waals surface area contributed by atoms with Crippen LogP contribution in [0.5, 0.6) is 5.75 Å². The number of carbonyl (C=O) groups is 1. The Morgan fingerprint density at radius 1 is 1.35 bits per heavy atom. The molecule has 1 aromatic carbocycles. The van der Waals surface area contributed by atoms with E-state index in [1.165, 1.54) is 6.07 Å². The van der Waals surface area contributed by atoms with Gasteiger partial charge in [-0.1, -0.05) is 17.7 Å². The van der Waals surface area contributed by atoms with Crippen LogP contribution in [-0.2, 0) is 17.8 Å². The number of aromatic nitrogens is 2. The van der Waals surface area contributed by atoms with Crippen LogP contribution >= 0.6 is 0 Å². The second kappa shape index (κ2) is 6.01. The number of aryl methyl sites for hydroxylation is 1. The van der Waals surface area contributed by atoms with E-state index in [0.717, 1.165) is 5.56 Å². The summed E-state index contributed by atoms with van der Waals surface area (Å²) < 4.78 is 5.48. The van der Waals surface area contributed by atoms with Crippen molar-refractivity contribution in [1.82, 2.24) is 9.97 Å². The molecule has 0 atom stereocenters. The molecule has 2 rings (SSSR count). The predicted molar refractivity (Wildman–Crippen MR) is 71.7 cm³/mol. The van der Waals surface area contributed by atoms with E-state index in [-0.39, 0.29) is 18.7 Å². The molecule has 0 aliphatic rings. The van der Waals surface area contributed by atoms with Crippen LogP contribution in [0.25, 0.3) is 0 Å². The molecular formula is C14H14N2O4. The number of hydrogen-bond acceptors (Lipinski definition) is 4. The normalized spacial score (nSPS) is 10.2. The summed E-state index contributed by atoms with van der Waals surface area (Å²) in [5, 5.41) is 8.70. The highest BCUT2D eigenvalue weighted by Crippen LogP contribution is 2.12. The summed E-state index contributed by atoms with van der Waals surface area (Å²) in [5.41, 5.74) is 0.940. The molecule has 2 aromatic rings. The SMILES string of the molecule is Cc1ccc(OCc2nc(CC(=O)O)cc(=O)[nH]2)cc1. The summed E-state index contributed by atoms with van der Waals surface area (Å²) in [5.74, 6) is -0.0790. The number of aliphatic carboxylic acids is 1. The van der Waals surface area contributed by atoms with Gasteiger partial charge in [-0.2, -0.15) is 0 Å². The van der Waals surface area contributed by atoms with Crippen molar-refractivity contribution in [2.75, 3.05) is 0 Å². The van der Waals surface area contributed by atoms with Gasteiger partial charge in [0.15, 0.2) is 0 Å². The highest BCUT2D eigenvalue weighted by molar-refractivity contribution is 5.69. The van der Waals surface area contributed by atoms with E-state index >= 15 is 0 Å². The molecule has 0 bridgehead atoms. The lowest BCUT2D eigenvalue weighted by Crippen LogP contribution is -2.16. The van der Waals surface area contributed by atoms with Gasteiger partial charge in [0, 0.05) is 6.07 Å². The number of hydrogen-bond donors (Lipinski definition) is 2. The Kier molecular flexibility index (Phi) is 4.14. The van der Waals surface area contributed by atoms with Crippen molar-refractivity contribution in [3.05, 3.63) is 57.8 Å².